The summed E-state index contributed by atoms with van der Waals surface area (Å²) in [6, 6.07) is 6.56. The third-order valence-electron chi connectivity index (χ3n) is 3.23. The summed E-state index contributed by atoms with van der Waals surface area (Å²) in [6.07, 6.45) is 2.38. The smallest absolute Gasteiger partial charge is 0.0197 e. The zero-order chi connectivity index (χ0) is 12.3. The second-order valence-electron chi connectivity index (χ2n) is 5.74. The molecule has 1 aromatic rings. The lowest BCUT2D eigenvalue weighted by molar-refractivity contribution is 0.385. The van der Waals surface area contributed by atoms with Gasteiger partial charge in [0, 0.05) is 4.83 Å². The quantitative estimate of drug-likeness (QED) is 0.681. The Morgan fingerprint density at radius 3 is 2.06 bits per heavy atom. The molecule has 1 aromatic carbocycles. The lowest BCUT2D eigenvalue weighted by Gasteiger charge is -2.26. The molecule has 0 heterocycles. The zero-order valence-corrected chi connectivity index (χ0v) is 12.7. The molecule has 1 rings (SSSR count). The standard InChI is InChI=1S/C15H23Br/c1-11-7-6-8-12(2)13(11)9-10-14(16)15(3,4)5/h6-8,14H,9-10H2,1-5H3. The zero-order valence-electron chi connectivity index (χ0n) is 11.1. The molecule has 0 nitrogen and oxygen atoms in total. The number of aryl methyl sites for hydroxylation is 2. The molecule has 1 unspecified atom stereocenters. The van der Waals surface area contributed by atoms with Gasteiger partial charge >= 0.3 is 0 Å². The predicted octanol–water partition coefficient (Wildman–Crippen LogP) is 5.05. The predicted molar refractivity (Wildman–Crippen MR) is 76.4 cm³/mol. The van der Waals surface area contributed by atoms with E-state index in [0.717, 1.165) is 0 Å². The van der Waals surface area contributed by atoms with E-state index in [-0.39, 0.29) is 0 Å². The van der Waals surface area contributed by atoms with Crippen LogP contribution in [0.1, 0.15) is 43.9 Å². The van der Waals surface area contributed by atoms with Crippen molar-refractivity contribution in [1.82, 2.24) is 0 Å². The molecule has 1 heteroatoms. The first-order valence-electron chi connectivity index (χ1n) is 6.01. The van der Waals surface area contributed by atoms with Gasteiger partial charge in [-0.05, 0) is 48.8 Å². The monoisotopic (exact) mass is 282 g/mol. The number of hydrogen-bond acceptors (Lipinski definition) is 0. The van der Waals surface area contributed by atoms with Gasteiger partial charge in [0.2, 0.25) is 0 Å². The van der Waals surface area contributed by atoms with E-state index in [1.165, 1.54) is 29.5 Å². The fraction of sp³-hybridized carbons (Fsp3) is 0.600. The Hall–Kier alpha value is -0.300. The molecule has 16 heavy (non-hydrogen) atoms. The average Bonchev–Trinajstić information content (AvgIpc) is 2.15. The van der Waals surface area contributed by atoms with Crippen LogP contribution in [0.2, 0.25) is 0 Å². The molecule has 0 saturated carbocycles. The first-order chi connectivity index (χ1) is 7.32. The molecule has 0 aliphatic carbocycles. The first-order valence-corrected chi connectivity index (χ1v) is 6.93. The molecular formula is C15H23Br. The summed E-state index contributed by atoms with van der Waals surface area (Å²) in [6.45, 7) is 11.3. The summed E-state index contributed by atoms with van der Waals surface area (Å²) in [5.41, 5.74) is 4.72. The van der Waals surface area contributed by atoms with E-state index in [2.05, 4.69) is 68.7 Å². The Kier molecular flexibility index (Phi) is 4.61. The normalized spacial score (nSPS) is 13.9. The fourth-order valence-corrected chi connectivity index (χ4v) is 2.18. The second-order valence-corrected chi connectivity index (χ2v) is 6.85. The minimum Gasteiger partial charge on any atom is -0.0885 e. The van der Waals surface area contributed by atoms with E-state index in [0.29, 0.717) is 10.2 Å². The van der Waals surface area contributed by atoms with Crippen LogP contribution in [0, 0.1) is 19.3 Å². The summed E-state index contributed by atoms with van der Waals surface area (Å²) in [5.74, 6) is 0. The van der Waals surface area contributed by atoms with Gasteiger partial charge in [0.25, 0.3) is 0 Å². The number of alkyl halides is 1. The van der Waals surface area contributed by atoms with Crippen molar-refractivity contribution in [1.29, 1.82) is 0 Å². The Balaban J connectivity index is 2.69. The van der Waals surface area contributed by atoms with Crippen molar-refractivity contribution in [3.8, 4) is 0 Å². The Morgan fingerprint density at radius 1 is 1.12 bits per heavy atom. The van der Waals surface area contributed by atoms with E-state index in [1.807, 2.05) is 0 Å². The largest absolute Gasteiger partial charge is 0.0885 e. The molecule has 0 spiro atoms. The maximum Gasteiger partial charge on any atom is 0.0197 e. The van der Waals surface area contributed by atoms with Crippen LogP contribution in [0.25, 0.3) is 0 Å². The van der Waals surface area contributed by atoms with Crippen LogP contribution in [0.4, 0.5) is 0 Å². The lowest BCUT2D eigenvalue weighted by Crippen LogP contribution is -2.20. The van der Waals surface area contributed by atoms with E-state index in [1.54, 1.807) is 0 Å². The first kappa shape index (κ1) is 13.8. The molecule has 0 aliphatic rings. The van der Waals surface area contributed by atoms with Crippen molar-refractivity contribution in [3.63, 3.8) is 0 Å². The van der Waals surface area contributed by atoms with Gasteiger partial charge in [-0.25, -0.2) is 0 Å². The van der Waals surface area contributed by atoms with Crippen LogP contribution >= 0.6 is 15.9 Å². The number of hydrogen-bond donors (Lipinski definition) is 0. The lowest BCUT2D eigenvalue weighted by atomic mass is 9.87. The summed E-state index contributed by atoms with van der Waals surface area (Å²) in [5, 5.41) is 0. The highest BCUT2D eigenvalue weighted by atomic mass is 79.9. The molecule has 0 saturated heterocycles. The van der Waals surface area contributed by atoms with Crippen LogP contribution < -0.4 is 0 Å². The van der Waals surface area contributed by atoms with Crippen molar-refractivity contribution in [2.45, 2.75) is 52.3 Å². The Morgan fingerprint density at radius 2 is 1.62 bits per heavy atom. The molecule has 0 bridgehead atoms. The molecule has 90 valence electrons. The number of rotatable bonds is 3. The maximum absolute atomic E-state index is 3.80. The number of halogens is 1. The fourth-order valence-electron chi connectivity index (χ4n) is 1.95. The van der Waals surface area contributed by atoms with Gasteiger partial charge in [-0.2, -0.15) is 0 Å². The summed E-state index contributed by atoms with van der Waals surface area (Å²) in [7, 11) is 0. The van der Waals surface area contributed by atoms with Crippen molar-refractivity contribution in [2.24, 2.45) is 5.41 Å². The molecule has 0 amide bonds. The summed E-state index contributed by atoms with van der Waals surface area (Å²) >= 11 is 3.80. The van der Waals surface area contributed by atoms with Crippen LogP contribution in [0.5, 0.6) is 0 Å². The highest BCUT2D eigenvalue weighted by Gasteiger charge is 2.21. The SMILES string of the molecule is Cc1cccc(C)c1CCC(Br)C(C)(C)C. The molecular weight excluding hydrogens is 260 g/mol. The van der Waals surface area contributed by atoms with Crippen LogP contribution in [-0.2, 0) is 6.42 Å². The van der Waals surface area contributed by atoms with Gasteiger partial charge in [-0.15, -0.1) is 0 Å². The summed E-state index contributed by atoms with van der Waals surface area (Å²) in [4.78, 5) is 0.582. The Bertz CT molecular complexity index is 327. The van der Waals surface area contributed by atoms with Crippen molar-refractivity contribution < 1.29 is 0 Å². The molecule has 0 radical (unpaired) electrons. The van der Waals surface area contributed by atoms with Gasteiger partial charge in [0.15, 0.2) is 0 Å². The molecule has 0 N–H and O–H groups in total. The van der Waals surface area contributed by atoms with E-state index < -0.39 is 0 Å². The van der Waals surface area contributed by atoms with E-state index in [4.69, 9.17) is 0 Å². The van der Waals surface area contributed by atoms with Crippen LogP contribution in [-0.4, -0.2) is 4.83 Å². The molecule has 0 fully saturated rings. The highest BCUT2D eigenvalue weighted by Crippen LogP contribution is 2.30. The van der Waals surface area contributed by atoms with Gasteiger partial charge in [-0.1, -0.05) is 54.9 Å². The minimum atomic E-state index is 0.344. The topological polar surface area (TPSA) is 0 Å². The van der Waals surface area contributed by atoms with Gasteiger partial charge in [-0.3, -0.25) is 0 Å². The third kappa shape index (κ3) is 3.62. The molecule has 0 aromatic heterocycles. The second kappa shape index (κ2) is 5.35. The number of benzene rings is 1. The van der Waals surface area contributed by atoms with Gasteiger partial charge in [0.1, 0.15) is 0 Å². The highest BCUT2D eigenvalue weighted by molar-refractivity contribution is 9.09. The average molecular weight is 283 g/mol. The van der Waals surface area contributed by atoms with Crippen LogP contribution in [0.3, 0.4) is 0 Å². The van der Waals surface area contributed by atoms with Crippen molar-refractivity contribution >= 4 is 15.9 Å². The van der Waals surface area contributed by atoms with E-state index in [9.17, 15) is 0 Å². The Labute approximate surface area is 109 Å². The van der Waals surface area contributed by atoms with Crippen molar-refractivity contribution in [3.05, 3.63) is 34.9 Å². The van der Waals surface area contributed by atoms with Gasteiger partial charge in [0.05, 0.1) is 0 Å². The van der Waals surface area contributed by atoms with E-state index >= 15 is 0 Å². The molecule has 0 aliphatic heterocycles. The van der Waals surface area contributed by atoms with Crippen molar-refractivity contribution in [2.75, 3.05) is 0 Å². The van der Waals surface area contributed by atoms with Gasteiger partial charge < -0.3 is 0 Å². The minimum absolute atomic E-state index is 0.344. The molecule has 1 atom stereocenters. The van der Waals surface area contributed by atoms with Crippen LogP contribution in [0.15, 0.2) is 18.2 Å². The maximum atomic E-state index is 3.80. The summed E-state index contributed by atoms with van der Waals surface area (Å²) < 4.78 is 0. The third-order valence-corrected chi connectivity index (χ3v) is 5.06.